The molecule has 0 saturated heterocycles. The summed E-state index contributed by atoms with van der Waals surface area (Å²) >= 11 is 0. The molecule has 1 unspecified atom stereocenters. The molecular formula is C24H38N2O. The van der Waals surface area contributed by atoms with Crippen LogP contribution in [0.5, 0.6) is 0 Å². The number of aryl methyl sites for hydroxylation is 2. The Hall–Kier alpha value is -2.29. The van der Waals surface area contributed by atoms with Crippen molar-refractivity contribution in [2.45, 2.75) is 61.1 Å². The Labute approximate surface area is 167 Å². The molecule has 0 N–H and O–H groups in total. The normalized spacial score (nSPS) is 14.8. The van der Waals surface area contributed by atoms with Crippen LogP contribution in [0.3, 0.4) is 0 Å². The van der Waals surface area contributed by atoms with Crippen LogP contribution in [0.15, 0.2) is 48.5 Å². The number of benzene rings is 2. The van der Waals surface area contributed by atoms with E-state index in [4.69, 9.17) is 0 Å². The number of carbonyl (C=O) groups excluding carboxylic acids is 1. The van der Waals surface area contributed by atoms with E-state index in [1.807, 2.05) is 54.8 Å². The first-order chi connectivity index (χ1) is 12.6. The fourth-order valence-electron chi connectivity index (χ4n) is 2.97. The van der Waals surface area contributed by atoms with Crippen molar-refractivity contribution in [3.05, 3.63) is 65.2 Å². The highest BCUT2D eigenvalue weighted by molar-refractivity contribution is 6.01. The minimum atomic E-state index is 0. The molecule has 27 heavy (non-hydrogen) atoms. The highest BCUT2D eigenvalue weighted by Gasteiger charge is 2.30. The van der Waals surface area contributed by atoms with Gasteiger partial charge in [-0.2, -0.15) is 0 Å². The smallest absolute Gasteiger partial charge is 0.257 e. The number of amides is 1. The molecule has 1 aliphatic rings. The summed E-state index contributed by atoms with van der Waals surface area (Å²) in [4.78, 5) is 16.4. The van der Waals surface area contributed by atoms with E-state index in [0.29, 0.717) is 0 Å². The predicted octanol–water partition coefficient (Wildman–Crippen LogP) is 6.03. The molecular weight excluding hydrogens is 332 g/mol. The third-order valence-corrected chi connectivity index (χ3v) is 4.66. The molecule has 3 heteroatoms. The molecule has 0 bridgehead atoms. The second kappa shape index (κ2) is 12.2. The van der Waals surface area contributed by atoms with Gasteiger partial charge in [-0.3, -0.25) is 4.79 Å². The van der Waals surface area contributed by atoms with Crippen LogP contribution in [0.25, 0.3) is 0 Å². The Morgan fingerprint density at radius 3 is 1.96 bits per heavy atom. The molecule has 2 aromatic rings. The van der Waals surface area contributed by atoms with E-state index in [0.717, 1.165) is 24.1 Å². The topological polar surface area (TPSA) is 23.6 Å². The van der Waals surface area contributed by atoms with E-state index >= 15 is 0 Å². The van der Waals surface area contributed by atoms with Crippen molar-refractivity contribution in [3.63, 3.8) is 0 Å². The first-order valence-corrected chi connectivity index (χ1v) is 9.75. The van der Waals surface area contributed by atoms with Crippen LogP contribution in [0, 0.1) is 0 Å². The Bertz CT molecular complexity index is 682. The van der Waals surface area contributed by atoms with E-state index in [1.165, 1.54) is 11.1 Å². The summed E-state index contributed by atoms with van der Waals surface area (Å²) in [6.45, 7) is 10.0. The van der Waals surface area contributed by atoms with Crippen LogP contribution in [0.4, 0.5) is 5.69 Å². The zero-order valence-electron chi connectivity index (χ0n) is 17.4. The van der Waals surface area contributed by atoms with Crippen molar-refractivity contribution in [2.75, 3.05) is 19.0 Å². The maximum absolute atomic E-state index is 12.5. The molecule has 1 atom stereocenters. The van der Waals surface area contributed by atoms with E-state index in [2.05, 4.69) is 47.4 Å². The van der Waals surface area contributed by atoms with Gasteiger partial charge in [-0.15, -0.1) is 0 Å². The molecule has 1 heterocycles. The van der Waals surface area contributed by atoms with Gasteiger partial charge in [0, 0.05) is 14.1 Å². The van der Waals surface area contributed by atoms with Crippen LogP contribution in [0.2, 0.25) is 0 Å². The van der Waals surface area contributed by atoms with Gasteiger partial charge in [0.2, 0.25) is 0 Å². The lowest BCUT2D eigenvalue weighted by molar-refractivity contribution is 0.0726. The van der Waals surface area contributed by atoms with Crippen LogP contribution < -0.4 is 4.90 Å². The van der Waals surface area contributed by atoms with Gasteiger partial charge in [-0.1, -0.05) is 71.5 Å². The van der Waals surface area contributed by atoms with Crippen LogP contribution in [-0.4, -0.2) is 31.1 Å². The average Bonchev–Trinajstić information content (AvgIpc) is 2.72. The summed E-state index contributed by atoms with van der Waals surface area (Å²) in [6, 6.07) is 16.7. The standard InChI is InChI=1S/C19H22N2O.2C2H6.CH4/c1-14-20(2)18-12-11-16(13-17(18)19(22)21(14)3)10-9-15-7-5-4-6-8-15;2*1-2;/h4-8,11-14H,9-10H2,1-3H3;2*1-2H3;1H4. The number of nitrogens with zero attached hydrogens (tertiary/aromatic N) is 2. The van der Waals surface area contributed by atoms with E-state index in [1.54, 1.807) is 4.90 Å². The van der Waals surface area contributed by atoms with Crippen molar-refractivity contribution >= 4 is 11.6 Å². The van der Waals surface area contributed by atoms with Gasteiger partial charge in [0.25, 0.3) is 5.91 Å². The third-order valence-electron chi connectivity index (χ3n) is 4.66. The van der Waals surface area contributed by atoms with Crippen molar-refractivity contribution in [2.24, 2.45) is 0 Å². The Kier molecular flexibility index (Phi) is 11.1. The number of rotatable bonds is 3. The highest BCUT2D eigenvalue weighted by Crippen LogP contribution is 2.30. The molecule has 0 saturated carbocycles. The average molecular weight is 371 g/mol. The molecule has 3 rings (SSSR count). The summed E-state index contributed by atoms with van der Waals surface area (Å²) in [5.41, 5.74) is 4.38. The van der Waals surface area contributed by atoms with Crippen molar-refractivity contribution in [1.29, 1.82) is 0 Å². The third kappa shape index (κ3) is 5.85. The molecule has 0 aromatic heterocycles. The molecule has 0 aliphatic carbocycles. The Balaban J connectivity index is 0.00000127. The number of fused-ring (bicyclic) bond motifs is 1. The fourth-order valence-corrected chi connectivity index (χ4v) is 2.97. The van der Waals surface area contributed by atoms with Gasteiger partial charge >= 0.3 is 0 Å². The monoisotopic (exact) mass is 370 g/mol. The summed E-state index contributed by atoms with van der Waals surface area (Å²) in [5, 5.41) is 0. The molecule has 0 fully saturated rings. The number of carbonyl (C=O) groups is 1. The molecule has 150 valence electrons. The number of anilines is 1. The quantitative estimate of drug-likeness (QED) is 0.659. The van der Waals surface area contributed by atoms with Crippen molar-refractivity contribution in [1.82, 2.24) is 4.90 Å². The summed E-state index contributed by atoms with van der Waals surface area (Å²) in [7, 11) is 3.90. The molecule has 3 nitrogen and oxygen atoms in total. The summed E-state index contributed by atoms with van der Waals surface area (Å²) in [5.74, 6) is 0.113. The minimum absolute atomic E-state index is 0. The van der Waals surface area contributed by atoms with Crippen LogP contribution in [-0.2, 0) is 12.8 Å². The number of hydrogen-bond acceptors (Lipinski definition) is 2. The molecule has 2 aromatic carbocycles. The SMILES string of the molecule is C.CC.CC.CC1N(C)C(=O)c2cc(CCc3ccccc3)ccc2N1C. The van der Waals surface area contributed by atoms with Crippen LogP contribution >= 0.6 is 0 Å². The largest absolute Gasteiger partial charge is 0.354 e. The summed E-state index contributed by atoms with van der Waals surface area (Å²) < 4.78 is 0. The summed E-state index contributed by atoms with van der Waals surface area (Å²) in [6.07, 6.45) is 2.04. The first kappa shape index (κ1) is 24.7. The Morgan fingerprint density at radius 2 is 1.37 bits per heavy atom. The zero-order valence-corrected chi connectivity index (χ0v) is 17.4. The maximum Gasteiger partial charge on any atom is 0.257 e. The highest BCUT2D eigenvalue weighted by atomic mass is 16.2. The van der Waals surface area contributed by atoms with Gasteiger partial charge in [0.1, 0.15) is 6.17 Å². The van der Waals surface area contributed by atoms with E-state index in [9.17, 15) is 4.79 Å². The molecule has 1 aliphatic heterocycles. The van der Waals surface area contributed by atoms with E-state index in [-0.39, 0.29) is 19.5 Å². The lowest BCUT2D eigenvalue weighted by Crippen LogP contribution is -2.50. The fraction of sp³-hybridized carbons (Fsp3) is 0.458. The lowest BCUT2D eigenvalue weighted by Gasteiger charge is -2.40. The van der Waals surface area contributed by atoms with Crippen molar-refractivity contribution in [3.8, 4) is 0 Å². The van der Waals surface area contributed by atoms with Gasteiger partial charge in [-0.25, -0.2) is 0 Å². The first-order valence-electron chi connectivity index (χ1n) is 9.75. The Morgan fingerprint density at radius 1 is 0.815 bits per heavy atom. The molecule has 0 spiro atoms. The zero-order chi connectivity index (χ0) is 19.7. The molecule has 0 radical (unpaired) electrons. The van der Waals surface area contributed by atoms with Gasteiger partial charge in [0.15, 0.2) is 0 Å². The van der Waals surface area contributed by atoms with Crippen LogP contribution in [0.1, 0.15) is 63.5 Å². The van der Waals surface area contributed by atoms with Crippen molar-refractivity contribution < 1.29 is 4.79 Å². The second-order valence-electron chi connectivity index (χ2n) is 6.00. The molecule has 1 amide bonds. The van der Waals surface area contributed by atoms with Gasteiger partial charge < -0.3 is 9.80 Å². The maximum atomic E-state index is 12.5. The van der Waals surface area contributed by atoms with Gasteiger partial charge in [0.05, 0.1) is 11.3 Å². The minimum Gasteiger partial charge on any atom is -0.354 e. The van der Waals surface area contributed by atoms with Gasteiger partial charge in [-0.05, 0) is 43.0 Å². The van der Waals surface area contributed by atoms with E-state index < -0.39 is 0 Å². The predicted molar refractivity (Wildman–Crippen MR) is 120 cm³/mol. The number of hydrogen-bond donors (Lipinski definition) is 0. The second-order valence-corrected chi connectivity index (χ2v) is 6.00. The lowest BCUT2D eigenvalue weighted by atomic mass is 9.99.